The molecule has 1 aliphatic rings. The average molecular weight is 281 g/mol. The monoisotopic (exact) mass is 281 g/mol. The standard InChI is InChI=1S/C13H15NO4S/c1-18-13(9-5-3-2-4-6-9)19-14-10(12(16)17)7-8-11(14)15/h2-6,10,13H,7-8H2,1H3,(H,16,17). The van der Waals surface area contributed by atoms with Crippen LogP contribution < -0.4 is 0 Å². The lowest BCUT2D eigenvalue weighted by atomic mass is 10.2. The van der Waals surface area contributed by atoms with Gasteiger partial charge >= 0.3 is 5.97 Å². The molecular formula is C13H15NO4S. The number of hydrogen-bond acceptors (Lipinski definition) is 4. The van der Waals surface area contributed by atoms with Gasteiger partial charge in [0.25, 0.3) is 0 Å². The summed E-state index contributed by atoms with van der Waals surface area (Å²) in [6.45, 7) is 0. The van der Waals surface area contributed by atoms with E-state index in [9.17, 15) is 9.59 Å². The maximum atomic E-state index is 11.8. The van der Waals surface area contributed by atoms with Gasteiger partial charge in [-0.05, 0) is 23.9 Å². The summed E-state index contributed by atoms with van der Waals surface area (Å²) in [6.07, 6.45) is 0.627. The highest BCUT2D eigenvalue weighted by atomic mass is 32.2. The Bertz CT molecular complexity index is 465. The van der Waals surface area contributed by atoms with E-state index in [0.29, 0.717) is 6.42 Å². The van der Waals surface area contributed by atoms with Crippen molar-refractivity contribution in [3.63, 3.8) is 0 Å². The molecule has 1 aromatic carbocycles. The summed E-state index contributed by atoms with van der Waals surface area (Å²) in [5.41, 5.74) is 0.518. The Kier molecular flexibility index (Phi) is 4.44. The third-order valence-electron chi connectivity index (χ3n) is 2.94. The summed E-state index contributed by atoms with van der Waals surface area (Å²) in [6, 6.07) is 8.65. The fraction of sp³-hybridized carbons (Fsp3) is 0.385. The van der Waals surface area contributed by atoms with E-state index in [0.717, 1.165) is 17.5 Å². The highest BCUT2D eigenvalue weighted by molar-refractivity contribution is 7.97. The van der Waals surface area contributed by atoms with E-state index in [4.69, 9.17) is 9.84 Å². The van der Waals surface area contributed by atoms with Crippen LogP contribution in [0.3, 0.4) is 0 Å². The van der Waals surface area contributed by atoms with Gasteiger partial charge in [0.05, 0.1) is 0 Å². The quantitative estimate of drug-likeness (QED) is 0.661. The molecule has 0 spiro atoms. The lowest BCUT2D eigenvalue weighted by molar-refractivity contribution is -0.142. The third-order valence-corrected chi connectivity index (χ3v) is 4.28. The van der Waals surface area contributed by atoms with Gasteiger partial charge in [-0.2, -0.15) is 0 Å². The zero-order valence-electron chi connectivity index (χ0n) is 10.5. The summed E-state index contributed by atoms with van der Waals surface area (Å²) in [5, 5.41) is 9.11. The van der Waals surface area contributed by atoms with Gasteiger partial charge < -0.3 is 9.84 Å². The Morgan fingerprint density at radius 3 is 2.74 bits per heavy atom. The maximum Gasteiger partial charge on any atom is 0.327 e. The largest absolute Gasteiger partial charge is 0.480 e. The van der Waals surface area contributed by atoms with Crippen molar-refractivity contribution in [2.24, 2.45) is 0 Å². The van der Waals surface area contributed by atoms with Crippen molar-refractivity contribution in [3.05, 3.63) is 35.9 Å². The van der Waals surface area contributed by atoms with Gasteiger partial charge in [0.1, 0.15) is 11.5 Å². The molecule has 1 heterocycles. The van der Waals surface area contributed by atoms with Gasteiger partial charge in [-0.15, -0.1) is 0 Å². The van der Waals surface area contributed by atoms with E-state index in [2.05, 4.69) is 0 Å². The predicted octanol–water partition coefficient (Wildman–Crippen LogP) is 2.06. The summed E-state index contributed by atoms with van der Waals surface area (Å²) in [5.74, 6) is -1.13. The van der Waals surface area contributed by atoms with Crippen molar-refractivity contribution < 1.29 is 19.4 Å². The Hall–Kier alpha value is -1.53. The fourth-order valence-corrected chi connectivity index (χ4v) is 3.09. The second kappa shape index (κ2) is 6.08. The molecule has 102 valence electrons. The molecule has 1 saturated heterocycles. The number of methoxy groups -OCH3 is 1. The Morgan fingerprint density at radius 1 is 1.47 bits per heavy atom. The van der Waals surface area contributed by atoms with Crippen molar-refractivity contribution in [2.75, 3.05) is 7.11 Å². The third kappa shape index (κ3) is 3.08. The average Bonchev–Trinajstić information content (AvgIpc) is 2.78. The lowest BCUT2D eigenvalue weighted by Crippen LogP contribution is -2.34. The molecule has 2 rings (SSSR count). The summed E-state index contributed by atoms with van der Waals surface area (Å²) >= 11 is 1.13. The van der Waals surface area contributed by atoms with Gasteiger partial charge in [0.15, 0.2) is 0 Å². The molecule has 1 aliphatic heterocycles. The van der Waals surface area contributed by atoms with Crippen LogP contribution in [-0.2, 0) is 14.3 Å². The highest BCUT2D eigenvalue weighted by Crippen LogP contribution is 2.37. The molecule has 1 N–H and O–H groups in total. The van der Waals surface area contributed by atoms with E-state index < -0.39 is 12.0 Å². The number of carboxylic acids is 1. The van der Waals surface area contributed by atoms with E-state index in [1.807, 2.05) is 30.3 Å². The van der Waals surface area contributed by atoms with Crippen LogP contribution in [0.25, 0.3) is 0 Å². The van der Waals surface area contributed by atoms with Gasteiger partial charge in [-0.1, -0.05) is 30.3 Å². The van der Waals surface area contributed by atoms with Gasteiger partial charge in [-0.25, -0.2) is 4.79 Å². The van der Waals surface area contributed by atoms with E-state index in [1.165, 1.54) is 4.31 Å². The van der Waals surface area contributed by atoms with Crippen LogP contribution in [0.1, 0.15) is 23.8 Å². The first kappa shape index (κ1) is 13.9. The molecule has 1 fully saturated rings. The van der Waals surface area contributed by atoms with Crippen LogP contribution >= 0.6 is 11.9 Å². The summed E-state index contributed by atoms with van der Waals surface area (Å²) in [4.78, 5) is 22.9. The highest BCUT2D eigenvalue weighted by Gasteiger charge is 2.38. The second-order valence-corrected chi connectivity index (χ2v) is 5.23. The molecule has 0 aromatic heterocycles. The number of carbonyl (C=O) groups is 2. The Labute approximate surface area is 115 Å². The summed E-state index contributed by atoms with van der Waals surface area (Å²) in [7, 11) is 1.54. The van der Waals surface area contributed by atoms with Crippen molar-refractivity contribution in [2.45, 2.75) is 24.3 Å². The number of ether oxygens (including phenoxy) is 1. The number of amides is 1. The minimum absolute atomic E-state index is 0.157. The molecule has 1 amide bonds. The zero-order valence-corrected chi connectivity index (χ0v) is 11.3. The van der Waals surface area contributed by atoms with Crippen LogP contribution in [0.2, 0.25) is 0 Å². The number of carbonyl (C=O) groups excluding carboxylic acids is 1. The van der Waals surface area contributed by atoms with Gasteiger partial charge in [-0.3, -0.25) is 9.10 Å². The number of nitrogens with zero attached hydrogens (tertiary/aromatic N) is 1. The predicted molar refractivity (Wildman–Crippen MR) is 71.3 cm³/mol. The number of hydrogen-bond donors (Lipinski definition) is 1. The number of carboxylic acid groups (broad SMARTS) is 1. The first-order chi connectivity index (χ1) is 9.13. The van der Waals surface area contributed by atoms with E-state index in [1.54, 1.807) is 7.11 Å². The minimum atomic E-state index is -0.971. The SMILES string of the molecule is COC(SN1C(=O)CCC1C(=O)O)c1ccccc1. The van der Waals surface area contributed by atoms with Crippen LogP contribution in [-0.4, -0.2) is 34.4 Å². The molecule has 2 atom stereocenters. The number of aliphatic carboxylic acids is 1. The van der Waals surface area contributed by atoms with E-state index in [-0.39, 0.29) is 17.8 Å². The molecule has 0 saturated carbocycles. The molecule has 0 bridgehead atoms. The molecule has 5 nitrogen and oxygen atoms in total. The number of benzene rings is 1. The summed E-state index contributed by atoms with van der Waals surface area (Å²) < 4.78 is 6.67. The van der Waals surface area contributed by atoms with Crippen LogP contribution in [0, 0.1) is 0 Å². The van der Waals surface area contributed by atoms with Crippen molar-refractivity contribution in [1.29, 1.82) is 0 Å². The fourth-order valence-electron chi connectivity index (χ4n) is 1.97. The Morgan fingerprint density at radius 2 is 2.16 bits per heavy atom. The van der Waals surface area contributed by atoms with Gasteiger partial charge in [0.2, 0.25) is 5.91 Å². The molecule has 19 heavy (non-hydrogen) atoms. The molecular weight excluding hydrogens is 266 g/mol. The molecule has 1 aromatic rings. The van der Waals surface area contributed by atoms with Crippen molar-refractivity contribution in [3.8, 4) is 0 Å². The zero-order chi connectivity index (χ0) is 13.8. The molecule has 6 heteroatoms. The van der Waals surface area contributed by atoms with Crippen molar-refractivity contribution >= 4 is 23.8 Å². The van der Waals surface area contributed by atoms with E-state index >= 15 is 0 Å². The first-order valence-electron chi connectivity index (χ1n) is 5.93. The molecule has 2 unspecified atom stereocenters. The second-order valence-electron chi connectivity index (χ2n) is 4.20. The molecule has 0 aliphatic carbocycles. The maximum absolute atomic E-state index is 11.8. The smallest absolute Gasteiger partial charge is 0.327 e. The molecule has 0 radical (unpaired) electrons. The van der Waals surface area contributed by atoms with Crippen molar-refractivity contribution in [1.82, 2.24) is 4.31 Å². The normalized spacial score (nSPS) is 20.6. The Balaban J connectivity index is 2.13. The van der Waals surface area contributed by atoms with Crippen LogP contribution in [0.15, 0.2) is 30.3 Å². The van der Waals surface area contributed by atoms with Crippen LogP contribution in [0.5, 0.6) is 0 Å². The van der Waals surface area contributed by atoms with Gasteiger partial charge in [0, 0.05) is 13.5 Å². The lowest BCUT2D eigenvalue weighted by Gasteiger charge is -2.25. The topological polar surface area (TPSA) is 66.8 Å². The first-order valence-corrected chi connectivity index (χ1v) is 6.76. The minimum Gasteiger partial charge on any atom is -0.480 e. The van der Waals surface area contributed by atoms with Crippen LogP contribution in [0.4, 0.5) is 0 Å². The number of rotatable bonds is 5.